The van der Waals surface area contributed by atoms with E-state index in [-0.39, 0.29) is 35.3 Å². The summed E-state index contributed by atoms with van der Waals surface area (Å²) in [6.45, 7) is 1.47. The number of hydrogen-bond donors (Lipinski definition) is 2. The molecular formula is C15H17N5O5S2. The first-order chi connectivity index (χ1) is 12.9. The molecule has 12 heteroatoms. The number of ether oxygens (including phenoxy) is 1. The van der Waals surface area contributed by atoms with Gasteiger partial charge in [-0.05, 0) is 5.57 Å². The van der Waals surface area contributed by atoms with Crippen LogP contribution in [-0.4, -0.2) is 64.3 Å². The molecule has 0 bridgehead atoms. The van der Waals surface area contributed by atoms with E-state index in [1.165, 1.54) is 42.0 Å². The lowest BCUT2D eigenvalue weighted by Crippen LogP contribution is -2.69. The van der Waals surface area contributed by atoms with Crippen LogP contribution in [0.25, 0.3) is 0 Å². The molecule has 3 heterocycles. The Morgan fingerprint density at radius 3 is 2.93 bits per heavy atom. The molecular weight excluding hydrogens is 394 g/mol. The number of oxime groups is 1. The molecule has 2 unspecified atom stereocenters. The molecule has 0 radical (unpaired) electrons. The second-order valence-electron chi connectivity index (χ2n) is 5.66. The van der Waals surface area contributed by atoms with Crippen LogP contribution in [0.1, 0.15) is 12.6 Å². The molecule has 3 N–H and O–H groups in total. The molecule has 1 saturated heterocycles. The van der Waals surface area contributed by atoms with Crippen LogP contribution < -0.4 is 11.1 Å². The van der Waals surface area contributed by atoms with E-state index in [1.807, 2.05) is 0 Å². The van der Waals surface area contributed by atoms with Crippen molar-refractivity contribution in [1.29, 1.82) is 0 Å². The highest BCUT2D eigenvalue weighted by atomic mass is 32.2. The molecule has 1 fully saturated rings. The lowest BCUT2D eigenvalue weighted by Gasteiger charge is -2.47. The smallest absolute Gasteiger partial charge is 0.302 e. The van der Waals surface area contributed by atoms with Crippen LogP contribution in [0.5, 0.6) is 0 Å². The van der Waals surface area contributed by atoms with Gasteiger partial charge < -0.3 is 25.5 Å². The Hall–Kier alpha value is -2.60. The summed E-state index contributed by atoms with van der Waals surface area (Å²) in [5, 5.41) is 8.02. The number of rotatable bonds is 6. The predicted octanol–water partition coefficient (Wildman–Crippen LogP) is -0.0773. The van der Waals surface area contributed by atoms with E-state index in [0.717, 1.165) is 5.57 Å². The normalized spacial score (nSPS) is 21.7. The van der Waals surface area contributed by atoms with Gasteiger partial charge in [0.05, 0.1) is 0 Å². The molecule has 2 aliphatic rings. The van der Waals surface area contributed by atoms with Crippen molar-refractivity contribution in [3.8, 4) is 0 Å². The number of nitrogen functional groups attached to an aromatic ring is 1. The van der Waals surface area contributed by atoms with Gasteiger partial charge in [0.1, 0.15) is 30.8 Å². The number of thiazole rings is 1. The first-order valence-electron chi connectivity index (χ1n) is 7.80. The number of fused-ring (bicyclic) bond motifs is 1. The summed E-state index contributed by atoms with van der Waals surface area (Å²) in [5.74, 6) is -0.614. The highest BCUT2D eigenvalue weighted by Crippen LogP contribution is 2.36. The Balaban J connectivity index is 1.65. The molecule has 0 saturated carbocycles. The first-order valence-corrected chi connectivity index (χ1v) is 9.73. The summed E-state index contributed by atoms with van der Waals surface area (Å²) in [4.78, 5) is 46.1. The number of anilines is 1. The number of aromatic nitrogens is 1. The van der Waals surface area contributed by atoms with Crippen LogP contribution in [-0.2, 0) is 24.0 Å². The molecule has 2 atom stereocenters. The van der Waals surface area contributed by atoms with Gasteiger partial charge in [0.2, 0.25) is 0 Å². The second-order valence-corrected chi connectivity index (χ2v) is 7.65. The summed E-state index contributed by atoms with van der Waals surface area (Å²) >= 11 is 2.65. The Bertz CT molecular complexity index is 836. The number of β-lactam (4-membered cyclic amide) rings is 1. The fourth-order valence-electron chi connectivity index (χ4n) is 2.53. The van der Waals surface area contributed by atoms with Crippen LogP contribution in [0.3, 0.4) is 0 Å². The molecule has 0 aliphatic carbocycles. The van der Waals surface area contributed by atoms with Crippen molar-refractivity contribution >= 4 is 51.7 Å². The van der Waals surface area contributed by atoms with Crippen LogP contribution in [0, 0.1) is 0 Å². The van der Waals surface area contributed by atoms with Crippen molar-refractivity contribution in [2.24, 2.45) is 5.16 Å². The number of nitrogens with zero attached hydrogens (tertiary/aromatic N) is 3. The van der Waals surface area contributed by atoms with Gasteiger partial charge in [0.25, 0.3) is 11.8 Å². The van der Waals surface area contributed by atoms with Gasteiger partial charge >= 0.3 is 5.97 Å². The third kappa shape index (κ3) is 4.06. The molecule has 3 rings (SSSR count). The average molecular weight is 411 g/mol. The molecule has 2 amide bonds. The van der Waals surface area contributed by atoms with Crippen LogP contribution in [0.4, 0.5) is 5.13 Å². The molecule has 27 heavy (non-hydrogen) atoms. The lowest BCUT2D eigenvalue weighted by atomic mass is 10.1. The van der Waals surface area contributed by atoms with Crippen LogP contribution in [0.15, 0.2) is 22.3 Å². The Morgan fingerprint density at radius 2 is 2.30 bits per heavy atom. The minimum Gasteiger partial charge on any atom is -0.461 e. The van der Waals surface area contributed by atoms with Gasteiger partial charge in [-0.3, -0.25) is 14.4 Å². The number of amides is 2. The molecule has 1 aromatic rings. The lowest BCUT2D eigenvalue weighted by molar-refractivity contribution is -0.144. The summed E-state index contributed by atoms with van der Waals surface area (Å²) in [7, 11) is 1.31. The maximum Gasteiger partial charge on any atom is 0.302 e. The Kier molecular flexibility index (Phi) is 5.65. The number of hydrogen-bond acceptors (Lipinski definition) is 10. The molecule has 0 aromatic carbocycles. The average Bonchev–Trinajstić information content (AvgIpc) is 3.07. The minimum atomic E-state index is -0.688. The zero-order valence-electron chi connectivity index (χ0n) is 14.5. The van der Waals surface area contributed by atoms with Crippen LogP contribution >= 0.6 is 23.1 Å². The third-order valence-electron chi connectivity index (χ3n) is 3.75. The predicted molar refractivity (Wildman–Crippen MR) is 99.8 cm³/mol. The Morgan fingerprint density at radius 1 is 1.52 bits per heavy atom. The van der Waals surface area contributed by atoms with E-state index in [4.69, 9.17) is 15.3 Å². The van der Waals surface area contributed by atoms with Crippen molar-refractivity contribution in [3.63, 3.8) is 0 Å². The van der Waals surface area contributed by atoms with Gasteiger partial charge in [-0.15, -0.1) is 23.1 Å². The largest absolute Gasteiger partial charge is 0.461 e. The molecule has 1 aromatic heterocycles. The van der Waals surface area contributed by atoms with E-state index in [9.17, 15) is 14.4 Å². The van der Waals surface area contributed by atoms with Gasteiger partial charge in [-0.25, -0.2) is 4.98 Å². The number of nitrogens with one attached hydrogen (secondary N) is 1. The van der Waals surface area contributed by atoms with Crippen molar-refractivity contribution in [2.45, 2.75) is 18.3 Å². The maximum absolute atomic E-state index is 12.6. The van der Waals surface area contributed by atoms with Gasteiger partial charge in [-0.2, -0.15) is 0 Å². The van der Waals surface area contributed by atoms with E-state index in [0.29, 0.717) is 10.9 Å². The van der Waals surface area contributed by atoms with Gasteiger partial charge in [0.15, 0.2) is 10.8 Å². The summed E-state index contributed by atoms with van der Waals surface area (Å²) in [5.41, 5.74) is 6.64. The number of carbonyl (C=O) groups excluding carboxylic acids is 3. The molecule has 144 valence electrons. The molecule has 2 aliphatic heterocycles. The maximum atomic E-state index is 12.6. The number of thioether (sulfide) groups is 1. The van der Waals surface area contributed by atoms with E-state index < -0.39 is 11.9 Å². The van der Waals surface area contributed by atoms with Gasteiger partial charge in [0, 0.05) is 24.3 Å². The molecule has 0 spiro atoms. The highest BCUT2D eigenvalue weighted by molar-refractivity contribution is 8.00. The van der Waals surface area contributed by atoms with E-state index in [2.05, 4.69) is 15.5 Å². The SMILES string of the molecule is CO/N=C(\C(=O)NC1C(=O)N2C=C(COC(C)=O)CSC12)c1csc(N)n1. The standard InChI is InChI=1S/C15H17N5O5S2/c1-7(21)25-4-8-3-20-13(23)11(14(20)26-5-8)18-12(22)10(19-24-2)9-6-27-15(16)17-9/h3,6,11,14H,4-5H2,1-2H3,(H2,16,17)(H,18,22)/b19-10-. The topological polar surface area (TPSA) is 136 Å². The van der Waals surface area contributed by atoms with Crippen molar-refractivity contribution < 1.29 is 24.0 Å². The summed E-state index contributed by atoms with van der Waals surface area (Å²) in [6, 6.07) is -0.688. The highest BCUT2D eigenvalue weighted by Gasteiger charge is 2.49. The van der Waals surface area contributed by atoms with E-state index in [1.54, 1.807) is 11.6 Å². The summed E-state index contributed by atoms with van der Waals surface area (Å²) < 4.78 is 4.95. The second kappa shape index (κ2) is 7.96. The molecule has 10 nitrogen and oxygen atoms in total. The van der Waals surface area contributed by atoms with Crippen molar-refractivity contribution in [1.82, 2.24) is 15.2 Å². The zero-order chi connectivity index (χ0) is 19.6. The number of nitrogens with two attached hydrogens (primary N) is 1. The quantitative estimate of drug-likeness (QED) is 0.287. The van der Waals surface area contributed by atoms with E-state index >= 15 is 0 Å². The minimum absolute atomic E-state index is 0.0522. The summed E-state index contributed by atoms with van der Waals surface area (Å²) in [6.07, 6.45) is 1.67. The Labute approximate surface area is 162 Å². The third-order valence-corrected chi connectivity index (χ3v) is 5.80. The monoisotopic (exact) mass is 411 g/mol. The van der Waals surface area contributed by atoms with Crippen molar-refractivity contribution in [2.75, 3.05) is 25.2 Å². The van der Waals surface area contributed by atoms with Crippen molar-refractivity contribution in [3.05, 3.63) is 22.8 Å². The van der Waals surface area contributed by atoms with Gasteiger partial charge in [-0.1, -0.05) is 5.16 Å². The number of carbonyl (C=O) groups is 3. The fourth-order valence-corrected chi connectivity index (χ4v) is 4.33. The number of esters is 1. The fraction of sp³-hybridized carbons (Fsp3) is 0.400. The zero-order valence-corrected chi connectivity index (χ0v) is 16.1. The van der Waals surface area contributed by atoms with Crippen LogP contribution in [0.2, 0.25) is 0 Å². The first kappa shape index (κ1) is 19.2.